The van der Waals surface area contributed by atoms with Crippen molar-refractivity contribution in [1.29, 1.82) is 0 Å². The molecule has 1 aromatic heterocycles. The predicted octanol–water partition coefficient (Wildman–Crippen LogP) is 3.51. The molecule has 0 unspecified atom stereocenters. The van der Waals surface area contributed by atoms with E-state index >= 15 is 0 Å². The summed E-state index contributed by atoms with van der Waals surface area (Å²) in [7, 11) is 0. The number of pyridine rings is 1. The predicted molar refractivity (Wildman–Crippen MR) is 68.1 cm³/mol. The Labute approximate surface area is 103 Å². The van der Waals surface area contributed by atoms with E-state index in [9.17, 15) is 4.39 Å². The van der Waals surface area contributed by atoms with Crippen molar-refractivity contribution in [2.24, 2.45) is 0 Å². The third kappa shape index (κ3) is 2.65. The highest BCUT2D eigenvalue weighted by Gasteiger charge is 2.04. The monoisotopic (exact) mass is 251 g/mol. The van der Waals surface area contributed by atoms with Gasteiger partial charge < -0.3 is 11.1 Å². The second kappa shape index (κ2) is 4.59. The first-order valence-electron chi connectivity index (χ1n) is 5.00. The van der Waals surface area contributed by atoms with Crippen LogP contribution in [0.15, 0.2) is 30.5 Å². The van der Waals surface area contributed by atoms with Crippen molar-refractivity contribution in [3.05, 3.63) is 46.9 Å². The molecule has 2 aromatic rings. The molecule has 0 atom stereocenters. The van der Waals surface area contributed by atoms with Gasteiger partial charge in [0, 0.05) is 18.0 Å². The van der Waals surface area contributed by atoms with E-state index in [1.54, 1.807) is 12.3 Å². The zero-order chi connectivity index (χ0) is 12.4. The second-order valence-corrected chi connectivity index (χ2v) is 4.08. The van der Waals surface area contributed by atoms with Gasteiger partial charge in [-0.1, -0.05) is 11.6 Å². The quantitative estimate of drug-likeness (QED) is 0.859. The zero-order valence-electron chi connectivity index (χ0n) is 9.17. The minimum absolute atomic E-state index is 0.364. The molecule has 0 aliphatic rings. The Balaban J connectivity index is 2.31. The molecule has 0 aliphatic heterocycles. The van der Waals surface area contributed by atoms with E-state index in [2.05, 4.69) is 10.3 Å². The van der Waals surface area contributed by atoms with E-state index in [0.717, 1.165) is 5.56 Å². The maximum absolute atomic E-state index is 13.0. The van der Waals surface area contributed by atoms with Crippen LogP contribution in [0.2, 0.25) is 5.02 Å². The van der Waals surface area contributed by atoms with Crippen LogP contribution in [-0.4, -0.2) is 4.98 Å². The largest absolute Gasteiger partial charge is 0.398 e. The number of nitrogen functional groups attached to an aromatic ring is 1. The van der Waals surface area contributed by atoms with Gasteiger partial charge in [0.25, 0.3) is 0 Å². The molecule has 0 saturated heterocycles. The zero-order valence-corrected chi connectivity index (χ0v) is 9.92. The standard InChI is InChI=1S/C12H11ClFN3/c1-7-6-16-12(5-10(7)15)17-11-4-8(14)2-3-9(11)13/h2-6H,1H3,(H3,15,16,17). The molecule has 88 valence electrons. The number of benzene rings is 1. The summed E-state index contributed by atoms with van der Waals surface area (Å²) in [6.07, 6.45) is 1.64. The highest BCUT2D eigenvalue weighted by molar-refractivity contribution is 6.33. The molecule has 0 radical (unpaired) electrons. The summed E-state index contributed by atoms with van der Waals surface area (Å²) in [6, 6.07) is 5.76. The normalized spacial score (nSPS) is 10.3. The Morgan fingerprint density at radius 1 is 1.35 bits per heavy atom. The third-order valence-electron chi connectivity index (χ3n) is 2.34. The molecule has 1 aromatic carbocycles. The Morgan fingerprint density at radius 3 is 2.82 bits per heavy atom. The molecular formula is C12H11ClFN3. The highest BCUT2D eigenvalue weighted by Crippen LogP contribution is 2.26. The Morgan fingerprint density at radius 2 is 2.12 bits per heavy atom. The van der Waals surface area contributed by atoms with Crippen LogP contribution in [0.5, 0.6) is 0 Å². The number of hydrogen-bond acceptors (Lipinski definition) is 3. The maximum Gasteiger partial charge on any atom is 0.132 e. The average Bonchev–Trinajstić information content (AvgIpc) is 2.29. The number of aryl methyl sites for hydroxylation is 1. The van der Waals surface area contributed by atoms with Crippen molar-refractivity contribution in [2.75, 3.05) is 11.1 Å². The van der Waals surface area contributed by atoms with E-state index in [-0.39, 0.29) is 5.82 Å². The van der Waals surface area contributed by atoms with E-state index in [1.807, 2.05) is 6.92 Å². The SMILES string of the molecule is Cc1cnc(Nc2cc(F)ccc2Cl)cc1N. The number of halogens is 2. The molecule has 17 heavy (non-hydrogen) atoms. The minimum Gasteiger partial charge on any atom is -0.398 e. The van der Waals surface area contributed by atoms with E-state index in [4.69, 9.17) is 17.3 Å². The van der Waals surface area contributed by atoms with Crippen molar-refractivity contribution < 1.29 is 4.39 Å². The van der Waals surface area contributed by atoms with Crippen molar-refractivity contribution in [3.63, 3.8) is 0 Å². The van der Waals surface area contributed by atoms with E-state index in [0.29, 0.717) is 22.2 Å². The van der Waals surface area contributed by atoms with Crippen LogP contribution < -0.4 is 11.1 Å². The number of nitrogens with two attached hydrogens (primary N) is 1. The van der Waals surface area contributed by atoms with Crippen molar-refractivity contribution in [3.8, 4) is 0 Å². The summed E-state index contributed by atoms with van der Waals surface area (Å²) in [5, 5.41) is 3.34. The van der Waals surface area contributed by atoms with Gasteiger partial charge >= 0.3 is 0 Å². The molecule has 3 N–H and O–H groups in total. The highest BCUT2D eigenvalue weighted by atomic mass is 35.5. The summed E-state index contributed by atoms with van der Waals surface area (Å²) < 4.78 is 13.0. The summed E-state index contributed by atoms with van der Waals surface area (Å²) >= 11 is 5.93. The summed E-state index contributed by atoms with van der Waals surface area (Å²) in [5.41, 5.74) is 7.73. The Kier molecular flexibility index (Phi) is 3.15. The van der Waals surface area contributed by atoms with Gasteiger partial charge in [0.05, 0.1) is 10.7 Å². The average molecular weight is 252 g/mol. The first-order valence-corrected chi connectivity index (χ1v) is 5.38. The van der Waals surface area contributed by atoms with Crippen LogP contribution in [0.4, 0.5) is 21.6 Å². The van der Waals surface area contributed by atoms with Gasteiger partial charge in [0.2, 0.25) is 0 Å². The van der Waals surface area contributed by atoms with Gasteiger partial charge in [-0.3, -0.25) is 0 Å². The lowest BCUT2D eigenvalue weighted by molar-refractivity contribution is 0.628. The van der Waals surface area contributed by atoms with Gasteiger partial charge in [-0.25, -0.2) is 9.37 Å². The molecule has 0 spiro atoms. The fraction of sp³-hybridized carbons (Fsp3) is 0.0833. The molecule has 3 nitrogen and oxygen atoms in total. The van der Waals surface area contributed by atoms with Gasteiger partial charge in [-0.2, -0.15) is 0 Å². The Hall–Kier alpha value is -1.81. The van der Waals surface area contributed by atoms with Crippen LogP contribution in [0.1, 0.15) is 5.56 Å². The number of aromatic nitrogens is 1. The number of hydrogen-bond donors (Lipinski definition) is 2. The number of anilines is 3. The van der Waals surface area contributed by atoms with Crippen LogP contribution in [-0.2, 0) is 0 Å². The van der Waals surface area contributed by atoms with Gasteiger partial charge in [-0.05, 0) is 30.7 Å². The molecule has 0 bridgehead atoms. The minimum atomic E-state index is -0.364. The smallest absolute Gasteiger partial charge is 0.132 e. The summed E-state index contributed by atoms with van der Waals surface area (Å²) in [6.45, 7) is 1.86. The van der Waals surface area contributed by atoms with Crippen molar-refractivity contribution >= 4 is 28.8 Å². The van der Waals surface area contributed by atoms with Gasteiger partial charge in [0.1, 0.15) is 11.6 Å². The van der Waals surface area contributed by atoms with Crippen LogP contribution in [0, 0.1) is 12.7 Å². The van der Waals surface area contributed by atoms with Crippen molar-refractivity contribution in [2.45, 2.75) is 6.92 Å². The fourth-order valence-electron chi connectivity index (χ4n) is 1.34. The molecule has 0 amide bonds. The van der Waals surface area contributed by atoms with Crippen LogP contribution >= 0.6 is 11.6 Å². The summed E-state index contributed by atoms with van der Waals surface area (Å²) in [5.74, 6) is 0.164. The number of nitrogens with zero attached hydrogens (tertiary/aromatic N) is 1. The molecular weight excluding hydrogens is 241 g/mol. The van der Waals surface area contributed by atoms with Gasteiger partial charge in [-0.15, -0.1) is 0 Å². The molecule has 1 heterocycles. The Bertz CT molecular complexity index is 557. The lowest BCUT2D eigenvalue weighted by Crippen LogP contribution is -1.98. The number of nitrogens with one attached hydrogen (secondary N) is 1. The topological polar surface area (TPSA) is 50.9 Å². The molecule has 0 fully saturated rings. The molecule has 0 aliphatic carbocycles. The summed E-state index contributed by atoms with van der Waals surface area (Å²) in [4.78, 5) is 4.13. The third-order valence-corrected chi connectivity index (χ3v) is 2.67. The van der Waals surface area contributed by atoms with E-state index < -0.39 is 0 Å². The first-order chi connectivity index (χ1) is 8.06. The maximum atomic E-state index is 13.0. The molecule has 5 heteroatoms. The van der Waals surface area contributed by atoms with E-state index in [1.165, 1.54) is 18.2 Å². The lowest BCUT2D eigenvalue weighted by Gasteiger charge is -2.09. The van der Waals surface area contributed by atoms with Crippen LogP contribution in [0.3, 0.4) is 0 Å². The van der Waals surface area contributed by atoms with Crippen molar-refractivity contribution in [1.82, 2.24) is 4.98 Å². The molecule has 2 rings (SSSR count). The first kappa shape index (κ1) is 11.7. The van der Waals surface area contributed by atoms with Gasteiger partial charge in [0.15, 0.2) is 0 Å². The second-order valence-electron chi connectivity index (χ2n) is 3.68. The fourth-order valence-corrected chi connectivity index (χ4v) is 1.50. The van der Waals surface area contributed by atoms with Crippen LogP contribution in [0.25, 0.3) is 0 Å². The number of rotatable bonds is 2. The lowest BCUT2D eigenvalue weighted by atomic mass is 10.2. The molecule has 0 saturated carbocycles.